The number of anilines is 2. The number of amides is 2. The number of nitrogens with two attached hydrogens (primary N) is 1. The first-order chi connectivity index (χ1) is 12.5. The van der Waals surface area contributed by atoms with Gasteiger partial charge in [-0.3, -0.25) is 9.59 Å². The molecule has 1 aliphatic heterocycles. The molecule has 1 saturated heterocycles. The summed E-state index contributed by atoms with van der Waals surface area (Å²) in [4.78, 5) is 25.6. The minimum Gasteiger partial charge on any atom is -0.370 e. The summed E-state index contributed by atoms with van der Waals surface area (Å²) < 4.78 is 32.1. The van der Waals surface area contributed by atoms with Crippen molar-refractivity contribution in [1.82, 2.24) is 5.32 Å². The van der Waals surface area contributed by atoms with Crippen molar-refractivity contribution in [2.45, 2.75) is 31.4 Å². The fourth-order valence-corrected chi connectivity index (χ4v) is 2.81. The highest BCUT2D eigenvalue weighted by molar-refractivity contribution is 5.97. The van der Waals surface area contributed by atoms with Gasteiger partial charge in [-0.15, -0.1) is 0 Å². The van der Waals surface area contributed by atoms with Crippen LogP contribution in [0.4, 0.5) is 20.2 Å². The van der Waals surface area contributed by atoms with E-state index < -0.39 is 18.4 Å². The lowest BCUT2D eigenvalue weighted by Gasteiger charge is -2.27. The highest BCUT2D eigenvalue weighted by Crippen LogP contribution is 2.32. The number of ether oxygens (including phenoxy) is 1. The monoisotopic (exact) mass is 368 g/mol. The molecule has 0 aromatic heterocycles. The smallest absolute Gasteiger partial charge is 0.265 e. The summed E-state index contributed by atoms with van der Waals surface area (Å²) in [5.41, 5.74) is 5.65. The molecule has 0 bridgehead atoms. The predicted molar refractivity (Wildman–Crippen MR) is 92.2 cm³/mol. The van der Waals surface area contributed by atoms with Crippen LogP contribution in [0.25, 0.3) is 0 Å². The summed E-state index contributed by atoms with van der Waals surface area (Å²) in [5, 5.41) is 5.61. The molecule has 1 atom stereocenters. The van der Waals surface area contributed by atoms with Crippen molar-refractivity contribution in [2.75, 3.05) is 36.5 Å². The van der Waals surface area contributed by atoms with Crippen LogP contribution in [-0.4, -0.2) is 50.2 Å². The van der Waals surface area contributed by atoms with Gasteiger partial charge in [-0.1, -0.05) is 0 Å². The first kappa shape index (κ1) is 18.7. The van der Waals surface area contributed by atoms with Crippen LogP contribution in [0.1, 0.15) is 24.8 Å². The first-order valence-corrected chi connectivity index (χ1v) is 8.56. The number of carbonyl (C=O) groups excluding carboxylic acids is 2. The zero-order valence-electron chi connectivity index (χ0n) is 14.2. The Kier molecular flexibility index (Phi) is 5.80. The summed E-state index contributed by atoms with van der Waals surface area (Å²) in [7, 11) is 0. The number of hydrogen-bond donors (Lipinski definition) is 3. The van der Waals surface area contributed by atoms with Gasteiger partial charge in [0.1, 0.15) is 6.61 Å². The Morgan fingerprint density at radius 3 is 2.77 bits per heavy atom. The number of benzene rings is 1. The van der Waals surface area contributed by atoms with Crippen LogP contribution < -0.4 is 21.3 Å². The summed E-state index contributed by atoms with van der Waals surface area (Å²) in [6, 6.07) is 3.79. The maximum Gasteiger partial charge on any atom is 0.265 e. The third-order valence-electron chi connectivity index (χ3n) is 4.39. The van der Waals surface area contributed by atoms with Gasteiger partial charge in [-0.25, -0.2) is 8.78 Å². The van der Waals surface area contributed by atoms with Crippen LogP contribution in [-0.2, 0) is 14.3 Å². The summed E-state index contributed by atoms with van der Waals surface area (Å²) in [5.74, 6) is -0.735. The maximum atomic E-state index is 13.5. The maximum absolute atomic E-state index is 13.5. The van der Waals surface area contributed by atoms with E-state index in [0.717, 1.165) is 12.8 Å². The van der Waals surface area contributed by atoms with E-state index in [1.54, 1.807) is 0 Å². The number of nitrogens with one attached hydrogen (secondary N) is 2. The van der Waals surface area contributed by atoms with E-state index >= 15 is 0 Å². The normalized spacial score (nSPS) is 18.9. The second-order valence-electron chi connectivity index (χ2n) is 6.39. The number of halogens is 2. The van der Waals surface area contributed by atoms with Gasteiger partial charge in [0.2, 0.25) is 5.91 Å². The molecule has 9 heteroatoms. The van der Waals surface area contributed by atoms with Crippen LogP contribution in [0.5, 0.6) is 0 Å². The zero-order valence-corrected chi connectivity index (χ0v) is 14.2. The van der Waals surface area contributed by atoms with Crippen molar-refractivity contribution in [1.29, 1.82) is 0 Å². The van der Waals surface area contributed by atoms with Crippen molar-refractivity contribution >= 4 is 23.2 Å². The molecule has 3 rings (SSSR count). The van der Waals surface area contributed by atoms with E-state index in [1.807, 2.05) is 0 Å². The Bertz CT molecular complexity index is 682. The standard InChI is InChI=1S/C17H22F2N4O3/c18-16(19)12-7-11(23-5-6-26-9-15(23)24)3-4-13(12)22-17(25)14(8-20)21-10-1-2-10/h3-4,7,10,14,16,21H,1-2,5-6,8-9,20H2,(H,22,25)/t14-/m0/s1. The molecular formula is C17H22F2N4O3. The molecule has 26 heavy (non-hydrogen) atoms. The van der Waals surface area contributed by atoms with Crippen molar-refractivity contribution in [3.05, 3.63) is 23.8 Å². The van der Waals surface area contributed by atoms with Gasteiger partial charge < -0.3 is 26.0 Å². The molecule has 2 aliphatic rings. The third-order valence-corrected chi connectivity index (χ3v) is 4.39. The number of alkyl halides is 2. The lowest BCUT2D eigenvalue weighted by molar-refractivity contribution is -0.125. The quantitative estimate of drug-likeness (QED) is 0.667. The fourth-order valence-electron chi connectivity index (χ4n) is 2.81. The molecular weight excluding hydrogens is 346 g/mol. The predicted octanol–water partition coefficient (Wildman–Crippen LogP) is 1.01. The number of morpholine rings is 1. The Hall–Kier alpha value is -2.10. The van der Waals surface area contributed by atoms with Crippen molar-refractivity contribution in [3.8, 4) is 0 Å². The zero-order chi connectivity index (χ0) is 18.7. The van der Waals surface area contributed by atoms with Crippen molar-refractivity contribution in [2.24, 2.45) is 5.73 Å². The van der Waals surface area contributed by atoms with Gasteiger partial charge >= 0.3 is 0 Å². The van der Waals surface area contributed by atoms with Crippen LogP contribution in [0.3, 0.4) is 0 Å². The molecule has 1 aromatic carbocycles. The molecule has 2 fully saturated rings. The van der Waals surface area contributed by atoms with E-state index in [-0.39, 0.29) is 36.4 Å². The lowest BCUT2D eigenvalue weighted by Crippen LogP contribution is -2.46. The van der Waals surface area contributed by atoms with Crippen molar-refractivity contribution < 1.29 is 23.1 Å². The SMILES string of the molecule is NC[C@H](NC1CC1)C(=O)Nc1ccc(N2CCOCC2=O)cc1C(F)F. The number of hydrogen-bond acceptors (Lipinski definition) is 5. The molecule has 1 heterocycles. The minimum atomic E-state index is -2.80. The molecule has 2 amide bonds. The van der Waals surface area contributed by atoms with Gasteiger partial charge in [0.15, 0.2) is 0 Å². The van der Waals surface area contributed by atoms with Gasteiger partial charge in [0.25, 0.3) is 12.3 Å². The van der Waals surface area contributed by atoms with Gasteiger partial charge in [0, 0.05) is 36.1 Å². The van der Waals surface area contributed by atoms with Gasteiger partial charge in [0.05, 0.1) is 12.6 Å². The third kappa shape index (κ3) is 4.35. The summed E-state index contributed by atoms with van der Waals surface area (Å²) in [6.45, 7) is 0.646. The molecule has 1 aromatic rings. The summed E-state index contributed by atoms with van der Waals surface area (Å²) >= 11 is 0. The minimum absolute atomic E-state index is 0.0190. The Labute approximate surface area is 149 Å². The van der Waals surface area contributed by atoms with Gasteiger partial charge in [-0.2, -0.15) is 0 Å². The molecule has 0 radical (unpaired) electrons. The number of rotatable bonds is 7. The second kappa shape index (κ2) is 8.07. The molecule has 142 valence electrons. The first-order valence-electron chi connectivity index (χ1n) is 8.56. The number of nitrogens with zero attached hydrogens (tertiary/aromatic N) is 1. The fraction of sp³-hybridized carbons (Fsp3) is 0.529. The van der Waals surface area contributed by atoms with E-state index in [4.69, 9.17) is 10.5 Å². The molecule has 0 unspecified atom stereocenters. The van der Waals surface area contributed by atoms with Crippen LogP contribution in [0, 0.1) is 0 Å². The highest BCUT2D eigenvalue weighted by atomic mass is 19.3. The van der Waals surface area contributed by atoms with Crippen molar-refractivity contribution in [3.63, 3.8) is 0 Å². The topological polar surface area (TPSA) is 96.7 Å². The lowest BCUT2D eigenvalue weighted by atomic mass is 10.1. The Morgan fingerprint density at radius 1 is 1.38 bits per heavy atom. The van der Waals surface area contributed by atoms with Gasteiger partial charge in [-0.05, 0) is 31.0 Å². The second-order valence-corrected chi connectivity index (χ2v) is 6.39. The van der Waals surface area contributed by atoms with E-state index in [1.165, 1.54) is 23.1 Å². The van der Waals surface area contributed by atoms with E-state index in [2.05, 4.69) is 10.6 Å². The molecule has 1 aliphatic carbocycles. The number of carbonyl (C=O) groups is 2. The molecule has 4 N–H and O–H groups in total. The Morgan fingerprint density at radius 2 is 2.15 bits per heavy atom. The molecule has 0 spiro atoms. The average Bonchev–Trinajstić information content (AvgIpc) is 3.44. The average molecular weight is 368 g/mol. The van der Waals surface area contributed by atoms with Crippen LogP contribution >= 0.6 is 0 Å². The largest absolute Gasteiger partial charge is 0.370 e. The highest BCUT2D eigenvalue weighted by Gasteiger charge is 2.29. The van der Waals surface area contributed by atoms with E-state index in [9.17, 15) is 18.4 Å². The van der Waals surface area contributed by atoms with E-state index in [0.29, 0.717) is 18.8 Å². The summed E-state index contributed by atoms with van der Waals surface area (Å²) in [6.07, 6.45) is -0.836. The van der Waals surface area contributed by atoms with Crippen LogP contribution in [0.2, 0.25) is 0 Å². The Balaban J connectivity index is 1.77. The molecule has 7 nitrogen and oxygen atoms in total. The molecule has 1 saturated carbocycles. The van der Waals surface area contributed by atoms with Crippen LogP contribution in [0.15, 0.2) is 18.2 Å².